The van der Waals surface area contributed by atoms with E-state index in [1.807, 2.05) is 0 Å². The van der Waals surface area contributed by atoms with Crippen LogP contribution < -0.4 is 56.7 Å². The number of sulfonamides is 1. The summed E-state index contributed by atoms with van der Waals surface area (Å²) in [5.74, 6) is 0. The van der Waals surface area contributed by atoms with Gasteiger partial charge in [-0.1, -0.05) is 6.07 Å². The minimum Gasteiger partial charge on any atom is -0.423 e. The van der Waals surface area contributed by atoms with E-state index in [0.717, 1.165) is 50.8 Å². The van der Waals surface area contributed by atoms with Gasteiger partial charge in [-0.25, -0.2) is 8.42 Å². The van der Waals surface area contributed by atoms with Gasteiger partial charge in [0.1, 0.15) is 0 Å². The van der Waals surface area contributed by atoms with E-state index in [1.165, 1.54) is 22.3 Å². The Morgan fingerprint density at radius 1 is 1.14 bits per heavy atom. The summed E-state index contributed by atoms with van der Waals surface area (Å²) in [5.41, 5.74) is 5.82. The summed E-state index contributed by atoms with van der Waals surface area (Å²) >= 11 is 0. The van der Waals surface area contributed by atoms with Crippen molar-refractivity contribution < 1.29 is 64.6 Å². The molecule has 4 rings (SSSR count). The molecule has 1 aliphatic heterocycles. The maximum atomic E-state index is 12.6. The smallest absolute Gasteiger partial charge is 0.423 e. The summed E-state index contributed by atoms with van der Waals surface area (Å²) in [4.78, 5) is 14.6. The molecule has 6 nitrogen and oxygen atoms in total. The van der Waals surface area contributed by atoms with E-state index in [1.54, 1.807) is 0 Å². The zero-order valence-electron chi connectivity index (χ0n) is 17.1. The second-order valence-electron chi connectivity index (χ2n) is 8.27. The van der Waals surface area contributed by atoms with E-state index in [2.05, 4.69) is 34.9 Å². The summed E-state index contributed by atoms with van der Waals surface area (Å²) in [6, 6.07) is 1.84. The third-order valence-corrected chi connectivity index (χ3v) is 7.89. The van der Waals surface area contributed by atoms with Gasteiger partial charge < -0.3 is 10.0 Å². The SMILES string of the molecule is CC(C)N1CCC(S(=O)(=O)[N-]C(=O)Nc2c3c(cc4c2CCC4)CCC3)C1.[K+]. The average Bonchev–Trinajstić information content (AvgIpc) is 3.34. The number of nitrogens with one attached hydrogen (secondary N) is 1. The standard InChI is InChI=1S/C20H29N3O3S.K/c1-13(2)23-10-9-16(12-23)27(25,26)22-20(24)21-19-17-7-3-5-14(17)11-15-6-4-8-18(15)19;/h11,13,16H,3-10,12H2,1-2H3,(H2,21,22,24);/q;+1/p-1. The van der Waals surface area contributed by atoms with Crippen molar-refractivity contribution in [3.63, 3.8) is 0 Å². The molecule has 0 aromatic heterocycles. The summed E-state index contributed by atoms with van der Waals surface area (Å²) in [7, 11) is -3.80. The number of fused-ring (bicyclic) bond motifs is 2. The van der Waals surface area contributed by atoms with Crippen LogP contribution in [0.15, 0.2) is 6.07 Å². The van der Waals surface area contributed by atoms with E-state index >= 15 is 0 Å². The molecule has 0 saturated carbocycles. The monoisotopic (exact) mass is 429 g/mol. The first-order chi connectivity index (χ1) is 12.8. The maximum absolute atomic E-state index is 12.6. The zero-order valence-corrected chi connectivity index (χ0v) is 21.1. The molecule has 1 saturated heterocycles. The van der Waals surface area contributed by atoms with E-state index < -0.39 is 21.3 Å². The number of urea groups is 1. The molecule has 8 heteroatoms. The van der Waals surface area contributed by atoms with Crippen molar-refractivity contribution in [1.29, 1.82) is 0 Å². The molecule has 2 amide bonds. The average molecular weight is 430 g/mol. The van der Waals surface area contributed by atoms with Gasteiger partial charge in [-0.2, -0.15) is 0 Å². The molecule has 148 valence electrons. The number of benzene rings is 1. The van der Waals surface area contributed by atoms with Crippen molar-refractivity contribution in [3.05, 3.63) is 33.0 Å². The quantitative estimate of drug-likeness (QED) is 0.702. The van der Waals surface area contributed by atoms with Gasteiger partial charge in [0.25, 0.3) is 0 Å². The molecule has 1 heterocycles. The number of hydrogen-bond donors (Lipinski definition) is 1. The fraction of sp³-hybridized carbons (Fsp3) is 0.650. The molecular weight excluding hydrogens is 401 g/mol. The number of carbonyl (C=O) groups excluding carboxylic acids is 1. The number of nitrogens with zero attached hydrogens (tertiary/aromatic N) is 2. The van der Waals surface area contributed by atoms with Crippen molar-refractivity contribution in [2.75, 3.05) is 18.4 Å². The van der Waals surface area contributed by atoms with Gasteiger partial charge in [-0.05, 0) is 93.3 Å². The van der Waals surface area contributed by atoms with Gasteiger partial charge in [0.15, 0.2) is 16.1 Å². The Bertz CT molecular complexity index is 838. The molecule has 2 aliphatic carbocycles. The van der Waals surface area contributed by atoms with Crippen molar-refractivity contribution in [3.8, 4) is 0 Å². The summed E-state index contributed by atoms with van der Waals surface area (Å²) in [6.07, 6.45) is 6.66. The first kappa shape index (κ1) is 22.7. The predicted octanol–water partition coefficient (Wildman–Crippen LogP) is 0.386. The van der Waals surface area contributed by atoms with E-state index in [0.29, 0.717) is 19.0 Å². The summed E-state index contributed by atoms with van der Waals surface area (Å²) < 4.78 is 28.9. The van der Waals surface area contributed by atoms with Gasteiger partial charge in [-0.15, -0.1) is 0 Å². The molecule has 1 unspecified atom stereocenters. The number of likely N-dealkylation sites (tertiary alicyclic amines) is 1. The zero-order chi connectivity index (χ0) is 19.2. The van der Waals surface area contributed by atoms with Crippen LogP contribution in [-0.2, 0) is 35.7 Å². The fourth-order valence-electron chi connectivity index (χ4n) is 4.75. The van der Waals surface area contributed by atoms with E-state index in [9.17, 15) is 13.2 Å². The minimum atomic E-state index is -3.80. The second-order valence-corrected chi connectivity index (χ2v) is 10.1. The van der Waals surface area contributed by atoms with Gasteiger partial charge in [0, 0.05) is 12.6 Å². The van der Waals surface area contributed by atoms with Crippen LogP contribution >= 0.6 is 0 Å². The van der Waals surface area contributed by atoms with Crippen molar-refractivity contribution in [2.45, 2.75) is 70.1 Å². The van der Waals surface area contributed by atoms with Crippen LogP contribution in [-0.4, -0.2) is 43.7 Å². The molecular formula is C20H28KN3O3S. The third kappa shape index (κ3) is 4.53. The molecule has 1 atom stereocenters. The molecule has 0 radical (unpaired) electrons. The Hall–Kier alpha value is 0.0364. The third-order valence-electron chi connectivity index (χ3n) is 6.24. The summed E-state index contributed by atoms with van der Waals surface area (Å²) in [5, 5.41) is 2.27. The van der Waals surface area contributed by atoms with Crippen LogP contribution in [0.4, 0.5) is 10.5 Å². The Morgan fingerprint density at radius 2 is 1.75 bits per heavy atom. The molecule has 28 heavy (non-hydrogen) atoms. The van der Waals surface area contributed by atoms with Crippen LogP contribution in [0.3, 0.4) is 0 Å². The molecule has 1 N–H and O–H groups in total. The number of amides is 2. The first-order valence-electron chi connectivity index (χ1n) is 10.0. The Labute approximate surface area is 210 Å². The largest absolute Gasteiger partial charge is 1.00 e. The van der Waals surface area contributed by atoms with Crippen molar-refractivity contribution in [1.82, 2.24) is 4.90 Å². The minimum absolute atomic E-state index is 0. The summed E-state index contributed by atoms with van der Waals surface area (Å²) in [6.45, 7) is 5.29. The van der Waals surface area contributed by atoms with Gasteiger partial charge >= 0.3 is 51.4 Å². The molecule has 0 bridgehead atoms. The van der Waals surface area contributed by atoms with Crippen LogP contribution in [0, 0.1) is 0 Å². The van der Waals surface area contributed by atoms with Crippen LogP contribution in [0.25, 0.3) is 4.72 Å². The van der Waals surface area contributed by atoms with Gasteiger partial charge in [-0.3, -0.25) is 9.69 Å². The van der Waals surface area contributed by atoms with Crippen LogP contribution in [0.1, 0.15) is 55.4 Å². The van der Waals surface area contributed by atoms with E-state index in [4.69, 9.17) is 0 Å². The predicted molar refractivity (Wildman–Crippen MR) is 107 cm³/mol. The van der Waals surface area contributed by atoms with Crippen molar-refractivity contribution in [2.24, 2.45) is 0 Å². The van der Waals surface area contributed by atoms with Crippen LogP contribution in [0.5, 0.6) is 0 Å². The Kier molecular flexibility index (Phi) is 7.33. The molecule has 1 aromatic rings. The topological polar surface area (TPSA) is 80.6 Å². The number of hydrogen-bond acceptors (Lipinski definition) is 4. The molecule has 3 aliphatic rings. The van der Waals surface area contributed by atoms with E-state index in [-0.39, 0.29) is 51.4 Å². The van der Waals surface area contributed by atoms with Crippen molar-refractivity contribution >= 4 is 21.7 Å². The molecule has 0 spiro atoms. The Balaban J connectivity index is 0.00000225. The number of anilines is 1. The van der Waals surface area contributed by atoms with Gasteiger partial charge in [0.05, 0.1) is 5.25 Å². The second kappa shape index (κ2) is 9.04. The number of rotatable bonds is 4. The molecule has 1 fully saturated rings. The number of carbonyl (C=O) groups is 1. The fourth-order valence-corrected chi connectivity index (χ4v) is 5.96. The first-order valence-corrected chi connectivity index (χ1v) is 11.5. The van der Waals surface area contributed by atoms with Crippen LogP contribution in [0.2, 0.25) is 0 Å². The normalized spacial score (nSPS) is 21.3. The Morgan fingerprint density at radius 3 is 2.29 bits per heavy atom. The number of aryl methyl sites for hydroxylation is 2. The van der Waals surface area contributed by atoms with Gasteiger partial charge in [0.2, 0.25) is 0 Å². The molecule has 1 aromatic carbocycles. The maximum Gasteiger partial charge on any atom is 1.00 e.